The summed E-state index contributed by atoms with van der Waals surface area (Å²) in [5, 5.41) is 0. The molecule has 0 unspecified atom stereocenters. The zero-order valence-corrected chi connectivity index (χ0v) is 8.53. The highest BCUT2D eigenvalue weighted by atomic mass is 32.1. The van der Waals surface area contributed by atoms with Gasteiger partial charge in [-0.05, 0) is 5.56 Å². The van der Waals surface area contributed by atoms with E-state index in [4.69, 9.17) is 10.5 Å². The van der Waals surface area contributed by atoms with Gasteiger partial charge in [-0.1, -0.05) is 30.3 Å². The molecule has 2 N–H and O–H groups in total. The number of aromatic nitrogens is 1. The Labute approximate surface area is 90.3 Å². The van der Waals surface area contributed by atoms with Crippen molar-refractivity contribution in [3.8, 4) is 16.3 Å². The van der Waals surface area contributed by atoms with E-state index in [-0.39, 0.29) is 5.88 Å². The van der Waals surface area contributed by atoms with Gasteiger partial charge in [0, 0.05) is 0 Å². The van der Waals surface area contributed by atoms with Gasteiger partial charge >= 0.3 is 6.09 Å². The number of hydrogen-bond donors (Lipinski definition) is 1. The van der Waals surface area contributed by atoms with E-state index in [0.29, 0.717) is 0 Å². The normalized spacial score (nSPS) is 9.87. The Morgan fingerprint density at radius 2 is 2.07 bits per heavy atom. The molecule has 0 bridgehead atoms. The number of amides is 1. The molecule has 0 spiro atoms. The third-order valence-corrected chi connectivity index (χ3v) is 2.62. The van der Waals surface area contributed by atoms with Crippen molar-refractivity contribution >= 4 is 17.4 Å². The van der Waals surface area contributed by atoms with Crippen molar-refractivity contribution in [1.29, 1.82) is 0 Å². The Morgan fingerprint density at radius 3 is 2.73 bits per heavy atom. The quantitative estimate of drug-likeness (QED) is 0.844. The molecule has 1 heterocycles. The maximum absolute atomic E-state index is 10.6. The van der Waals surface area contributed by atoms with Crippen LogP contribution in [0.5, 0.6) is 5.88 Å². The van der Waals surface area contributed by atoms with Crippen LogP contribution in [0.25, 0.3) is 10.4 Å². The lowest BCUT2D eigenvalue weighted by molar-refractivity contribution is 0.209. The predicted octanol–water partition coefficient (Wildman–Crippen LogP) is 2.27. The molecule has 1 aromatic carbocycles. The first-order chi connectivity index (χ1) is 7.27. The lowest BCUT2D eigenvalue weighted by Crippen LogP contribution is -2.16. The van der Waals surface area contributed by atoms with Gasteiger partial charge in [0.1, 0.15) is 0 Å². The molecule has 0 radical (unpaired) electrons. The number of carbonyl (C=O) groups excluding carboxylic acids is 1. The summed E-state index contributed by atoms with van der Waals surface area (Å²) in [7, 11) is 0. The monoisotopic (exact) mass is 220 g/mol. The minimum atomic E-state index is -0.849. The first kappa shape index (κ1) is 9.67. The zero-order valence-electron chi connectivity index (χ0n) is 7.71. The zero-order chi connectivity index (χ0) is 10.7. The Balaban J connectivity index is 2.37. The molecule has 2 rings (SSSR count). The number of benzene rings is 1. The SMILES string of the molecule is NC(=O)Oc1ncsc1-c1ccccc1. The van der Waals surface area contributed by atoms with Crippen molar-refractivity contribution in [2.45, 2.75) is 0 Å². The standard InChI is InChI=1S/C10H8N2O2S/c11-10(13)14-9-8(15-6-12-9)7-4-2-1-3-5-7/h1-6H,(H2,11,13). The maximum atomic E-state index is 10.6. The van der Waals surface area contributed by atoms with Gasteiger partial charge in [0.15, 0.2) is 0 Å². The smallest absolute Gasteiger partial charge is 0.390 e. The number of hydrogen-bond acceptors (Lipinski definition) is 4. The Hall–Kier alpha value is -1.88. The van der Waals surface area contributed by atoms with Crippen LogP contribution >= 0.6 is 11.3 Å². The van der Waals surface area contributed by atoms with Gasteiger partial charge < -0.3 is 10.5 Å². The molecule has 15 heavy (non-hydrogen) atoms. The van der Waals surface area contributed by atoms with Gasteiger partial charge in [0.05, 0.1) is 10.4 Å². The van der Waals surface area contributed by atoms with Crippen LogP contribution in [0.1, 0.15) is 0 Å². The number of ether oxygens (including phenoxy) is 1. The molecular formula is C10H8N2O2S. The molecule has 0 aliphatic heterocycles. The van der Waals surface area contributed by atoms with Gasteiger partial charge in [0.25, 0.3) is 0 Å². The second-order valence-corrected chi connectivity index (χ2v) is 3.63. The van der Waals surface area contributed by atoms with Crippen LogP contribution < -0.4 is 10.5 Å². The van der Waals surface area contributed by atoms with Crippen LogP contribution in [0, 0.1) is 0 Å². The third-order valence-electron chi connectivity index (χ3n) is 1.77. The fourth-order valence-corrected chi connectivity index (χ4v) is 1.91. The van der Waals surface area contributed by atoms with Gasteiger partial charge in [-0.25, -0.2) is 9.78 Å². The van der Waals surface area contributed by atoms with Crippen molar-refractivity contribution in [2.24, 2.45) is 5.73 Å². The van der Waals surface area contributed by atoms with Crippen LogP contribution in [-0.2, 0) is 0 Å². The van der Waals surface area contributed by atoms with Crippen LogP contribution in [0.3, 0.4) is 0 Å². The van der Waals surface area contributed by atoms with Crippen molar-refractivity contribution in [3.63, 3.8) is 0 Å². The van der Waals surface area contributed by atoms with E-state index in [2.05, 4.69) is 4.98 Å². The largest absolute Gasteiger partial charge is 0.411 e. The van der Waals surface area contributed by atoms with Crippen molar-refractivity contribution in [2.75, 3.05) is 0 Å². The predicted molar refractivity (Wildman–Crippen MR) is 57.8 cm³/mol. The molecule has 0 fully saturated rings. The Kier molecular flexibility index (Phi) is 2.64. The molecule has 0 saturated heterocycles. The van der Waals surface area contributed by atoms with Gasteiger partial charge in [-0.3, -0.25) is 0 Å². The van der Waals surface area contributed by atoms with E-state index in [9.17, 15) is 4.79 Å². The third kappa shape index (κ3) is 2.13. The van der Waals surface area contributed by atoms with E-state index in [1.165, 1.54) is 11.3 Å². The van der Waals surface area contributed by atoms with Crippen molar-refractivity contribution < 1.29 is 9.53 Å². The first-order valence-electron chi connectivity index (χ1n) is 4.23. The number of thiazole rings is 1. The highest BCUT2D eigenvalue weighted by molar-refractivity contribution is 7.13. The number of primary amides is 1. The average Bonchev–Trinajstić information content (AvgIpc) is 2.66. The van der Waals surface area contributed by atoms with Crippen LogP contribution in [0.2, 0.25) is 0 Å². The minimum absolute atomic E-state index is 0.263. The van der Waals surface area contributed by atoms with E-state index in [0.717, 1.165) is 10.4 Å². The molecule has 4 nitrogen and oxygen atoms in total. The molecule has 76 valence electrons. The number of rotatable bonds is 2. The lowest BCUT2D eigenvalue weighted by Gasteiger charge is -2.00. The number of carbonyl (C=O) groups is 1. The molecule has 2 aromatic rings. The molecule has 0 aliphatic rings. The lowest BCUT2D eigenvalue weighted by atomic mass is 10.2. The van der Waals surface area contributed by atoms with E-state index >= 15 is 0 Å². The summed E-state index contributed by atoms with van der Waals surface area (Å²) in [4.78, 5) is 15.3. The summed E-state index contributed by atoms with van der Waals surface area (Å²) in [5.74, 6) is 0.263. The Bertz CT molecular complexity index is 467. The molecule has 0 atom stereocenters. The van der Waals surface area contributed by atoms with E-state index in [1.807, 2.05) is 30.3 Å². The number of nitrogens with zero attached hydrogens (tertiary/aromatic N) is 1. The molecule has 0 aliphatic carbocycles. The Morgan fingerprint density at radius 1 is 1.33 bits per heavy atom. The topological polar surface area (TPSA) is 65.2 Å². The van der Waals surface area contributed by atoms with Crippen LogP contribution in [-0.4, -0.2) is 11.1 Å². The van der Waals surface area contributed by atoms with Crippen LogP contribution in [0.4, 0.5) is 4.79 Å². The maximum Gasteiger partial charge on any atom is 0.411 e. The van der Waals surface area contributed by atoms with Gasteiger partial charge in [0.2, 0.25) is 5.88 Å². The second-order valence-electron chi connectivity index (χ2n) is 2.77. The summed E-state index contributed by atoms with van der Waals surface area (Å²) in [5.41, 5.74) is 7.50. The highest BCUT2D eigenvalue weighted by Gasteiger charge is 2.11. The fraction of sp³-hybridized carbons (Fsp3) is 0. The summed E-state index contributed by atoms with van der Waals surface area (Å²) in [6, 6.07) is 9.56. The molecule has 5 heteroatoms. The van der Waals surface area contributed by atoms with Gasteiger partial charge in [-0.15, -0.1) is 11.3 Å². The molecule has 0 saturated carbocycles. The summed E-state index contributed by atoms with van der Waals surface area (Å²) < 4.78 is 4.78. The minimum Gasteiger partial charge on any atom is -0.390 e. The summed E-state index contributed by atoms with van der Waals surface area (Å²) >= 11 is 1.40. The van der Waals surface area contributed by atoms with E-state index in [1.54, 1.807) is 5.51 Å². The van der Waals surface area contributed by atoms with Gasteiger partial charge in [-0.2, -0.15) is 0 Å². The second kappa shape index (κ2) is 4.10. The summed E-state index contributed by atoms with van der Waals surface area (Å²) in [6.45, 7) is 0. The van der Waals surface area contributed by atoms with E-state index < -0.39 is 6.09 Å². The van der Waals surface area contributed by atoms with Crippen molar-refractivity contribution in [3.05, 3.63) is 35.8 Å². The highest BCUT2D eigenvalue weighted by Crippen LogP contribution is 2.32. The number of nitrogens with two attached hydrogens (primary N) is 1. The molecule has 1 amide bonds. The first-order valence-corrected chi connectivity index (χ1v) is 5.11. The van der Waals surface area contributed by atoms with Crippen molar-refractivity contribution in [1.82, 2.24) is 4.98 Å². The average molecular weight is 220 g/mol. The molecular weight excluding hydrogens is 212 g/mol. The molecule has 1 aromatic heterocycles. The fourth-order valence-electron chi connectivity index (χ4n) is 1.18. The van der Waals surface area contributed by atoms with Crippen LogP contribution in [0.15, 0.2) is 35.8 Å². The summed E-state index contributed by atoms with van der Waals surface area (Å²) in [6.07, 6.45) is -0.849.